The lowest BCUT2D eigenvalue weighted by molar-refractivity contribution is 0.354. The maximum Gasteiger partial charge on any atom is 0.161 e. The van der Waals surface area contributed by atoms with Crippen molar-refractivity contribution in [2.75, 3.05) is 20.8 Å². The van der Waals surface area contributed by atoms with E-state index in [9.17, 15) is 0 Å². The molecule has 1 atom stereocenters. The first-order chi connectivity index (χ1) is 9.83. The maximum atomic E-state index is 5.39. The zero-order valence-electron chi connectivity index (χ0n) is 11.7. The first-order valence-corrected chi connectivity index (χ1v) is 6.72. The number of ether oxygens (including phenoxy) is 2. The van der Waals surface area contributed by atoms with Crippen LogP contribution in [0.1, 0.15) is 22.9 Å². The topological polar surface area (TPSA) is 43.4 Å². The summed E-state index contributed by atoms with van der Waals surface area (Å²) in [7, 11) is 3.31. The van der Waals surface area contributed by atoms with Crippen LogP contribution in [0.15, 0.2) is 36.5 Å². The van der Waals surface area contributed by atoms with Gasteiger partial charge in [-0.15, -0.1) is 0 Å². The van der Waals surface area contributed by atoms with E-state index in [4.69, 9.17) is 9.47 Å². The molecule has 2 aromatic rings. The molecule has 4 nitrogen and oxygen atoms in total. The van der Waals surface area contributed by atoms with Crippen LogP contribution < -0.4 is 14.8 Å². The molecule has 1 aliphatic rings. The summed E-state index contributed by atoms with van der Waals surface area (Å²) >= 11 is 0. The van der Waals surface area contributed by atoms with Crippen LogP contribution in [0, 0.1) is 0 Å². The summed E-state index contributed by atoms with van der Waals surface area (Å²) in [6.07, 6.45) is 2.83. The molecular weight excluding hydrogens is 252 g/mol. The van der Waals surface area contributed by atoms with Crippen LogP contribution in [-0.4, -0.2) is 25.7 Å². The Bertz CT molecular complexity index is 613. The van der Waals surface area contributed by atoms with Crippen LogP contribution in [0.4, 0.5) is 0 Å². The second-order valence-corrected chi connectivity index (χ2v) is 4.79. The van der Waals surface area contributed by atoms with Crippen molar-refractivity contribution in [1.29, 1.82) is 0 Å². The van der Waals surface area contributed by atoms with E-state index < -0.39 is 0 Å². The van der Waals surface area contributed by atoms with Crippen molar-refractivity contribution < 1.29 is 9.47 Å². The average molecular weight is 270 g/mol. The van der Waals surface area contributed by atoms with Gasteiger partial charge in [0, 0.05) is 24.9 Å². The molecule has 1 aliphatic heterocycles. The Morgan fingerprint density at radius 1 is 1.15 bits per heavy atom. The fraction of sp³-hybridized carbons (Fsp3) is 0.312. The van der Waals surface area contributed by atoms with Crippen LogP contribution in [0.2, 0.25) is 0 Å². The predicted octanol–water partition coefficient (Wildman–Crippen LogP) is 2.33. The number of nitrogens with zero attached hydrogens (tertiary/aromatic N) is 1. The summed E-state index contributed by atoms with van der Waals surface area (Å²) in [6, 6.07) is 10.3. The van der Waals surface area contributed by atoms with E-state index in [1.807, 2.05) is 24.4 Å². The number of aromatic nitrogens is 1. The van der Waals surface area contributed by atoms with E-state index in [0.29, 0.717) is 0 Å². The number of fused-ring (bicyclic) bond motifs is 1. The molecule has 0 saturated heterocycles. The Labute approximate surface area is 118 Å². The van der Waals surface area contributed by atoms with E-state index in [1.54, 1.807) is 14.2 Å². The number of hydrogen-bond donors (Lipinski definition) is 1. The molecule has 4 heteroatoms. The molecule has 0 spiro atoms. The summed E-state index contributed by atoms with van der Waals surface area (Å²) in [5, 5.41) is 3.54. The fourth-order valence-electron chi connectivity index (χ4n) is 2.70. The molecule has 1 unspecified atom stereocenters. The van der Waals surface area contributed by atoms with Crippen LogP contribution in [0.5, 0.6) is 11.5 Å². The third-order valence-corrected chi connectivity index (χ3v) is 3.69. The number of rotatable bonds is 3. The van der Waals surface area contributed by atoms with Gasteiger partial charge in [0.1, 0.15) is 0 Å². The van der Waals surface area contributed by atoms with E-state index in [0.717, 1.165) is 30.0 Å². The van der Waals surface area contributed by atoms with Gasteiger partial charge in [-0.2, -0.15) is 0 Å². The average Bonchev–Trinajstić information content (AvgIpc) is 2.53. The fourth-order valence-corrected chi connectivity index (χ4v) is 2.70. The molecule has 0 radical (unpaired) electrons. The Morgan fingerprint density at radius 3 is 2.80 bits per heavy atom. The SMILES string of the molecule is COc1ccc(C2NCCc3ncccc32)cc1OC. The Morgan fingerprint density at radius 2 is 2.00 bits per heavy atom. The molecule has 104 valence electrons. The Hall–Kier alpha value is -2.07. The van der Waals surface area contributed by atoms with Crippen molar-refractivity contribution in [1.82, 2.24) is 10.3 Å². The van der Waals surface area contributed by atoms with Gasteiger partial charge in [0.15, 0.2) is 11.5 Å². The van der Waals surface area contributed by atoms with Crippen molar-refractivity contribution in [3.63, 3.8) is 0 Å². The highest BCUT2D eigenvalue weighted by molar-refractivity contribution is 5.46. The minimum Gasteiger partial charge on any atom is -0.493 e. The molecule has 0 fully saturated rings. The zero-order valence-corrected chi connectivity index (χ0v) is 11.7. The van der Waals surface area contributed by atoms with Crippen molar-refractivity contribution in [2.45, 2.75) is 12.5 Å². The van der Waals surface area contributed by atoms with Crippen molar-refractivity contribution in [2.24, 2.45) is 0 Å². The number of nitrogens with one attached hydrogen (secondary N) is 1. The van der Waals surface area contributed by atoms with E-state index in [1.165, 1.54) is 11.3 Å². The largest absolute Gasteiger partial charge is 0.493 e. The van der Waals surface area contributed by atoms with Crippen LogP contribution >= 0.6 is 0 Å². The standard InChI is InChI=1S/C16H18N2O2/c1-19-14-6-5-11(10-15(14)20-2)16-12-4-3-8-17-13(12)7-9-18-16/h3-6,8,10,16,18H,7,9H2,1-2H3. The van der Waals surface area contributed by atoms with Crippen molar-refractivity contribution in [3.05, 3.63) is 53.3 Å². The van der Waals surface area contributed by atoms with Gasteiger partial charge in [0.05, 0.1) is 20.3 Å². The van der Waals surface area contributed by atoms with Gasteiger partial charge in [0.2, 0.25) is 0 Å². The summed E-state index contributed by atoms with van der Waals surface area (Å²) in [6.45, 7) is 0.934. The molecule has 0 amide bonds. The first-order valence-electron chi connectivity index (χ1n) is 6.72. The molecule has 1 aromatic carbocycles. The van der Waals surface area contributed by atoms with E-state index in [2.05, 4.69) is 22.4 Å². The summed E-state index contributed by atoms with van der Waals surface area (Å²) in [5.41, 5.74) is 3.58. The van der Waals surface area contributed by atoms with Crippen LogP contribution in [0.25, 0.3) is 0 Å². The number of methoxy groups -OCH3 is 2. The predicted molar refractivity (Wildman–Crippen MR) is 77.3 cm³/mol. The maximum absolute atomic E-state index is 5.39. The zero-order chi connectivity index (χ0) is 13.9. The molecular formula is C16H18N2O2. The summed E-state index contributed by atoms with van der Waals surface area (Å²) in [5.74, 6) is 1.50. The third kappa shape index (κ3) is 2.23. The Balaban J connectivity index is 2.02. The molecule has 20 heavy (non-hydrogen) atoms. The normalized spacial score (nSPS) is 17.4. The lowest BCUT2D eigenvalue weighted by atomic mass is 9.93. The summed E-state index contributed by atoms with van der Waals surface area (Å²) < 4.78 is 10.7. The third-order valence-electron chi connectivity index (χ3n) is 3.69. The first kappa shape index (κ1) is 12.9. The molecule has 0 bridgehead atoms. The molecule has 0 saturated carbocycles. The Kier molecular flexibility index (Phi) is 3.56. The van der Waals surface area contributed by atoms with Gasteiger partial charge in [0.25, 0.3) is 0 Å². The molecule has 0 aliphatic carbocycles. The second-order valence-electron chi connectivity index (χ2n) is 4.79. The van der Waals surface area contributed by atoms with Gasteiger partial charge in [-0.05, 0) is 29.3 Å². The smallest absolute Gasteiger partial charge is 0.161 e. The van der Waals surface area contributed by atoms with Gasteiger partial charge < -0.3 is 14.8 Å². The van der Waals surface area contributed by atoms with Gasteiger partial charge in [-0.25, -0.2) is 0 Å². The number of benzene rings is 1. The lowest BCUT2D eigenvalue weighted by Crippen LogP contribution is -2.31. The minimum atomic E-state index is 0.159. The molecule has 1 N–H and O–H groups in total. The minimum absolute atomic E-state index is 0.159. The van der Waals surface area contributed by atoms with Gasteiger partial charge in [-0.3, -0.25) is 4.98 Å². The van der Waals surface area contributed by atoms with Crippen molar-refractivity contribution >= 4 is 0 Å². The van der Waals surface area contributed by atoms with E-state index in [-0.39, 0.29) is 6.04 Å². The highest BCUT2D eigenvalue weighted by Crippen LogP contribution is 2.34. The van der Waals surface area contributed by atoms with Gasteiger partial charge in [-0.1, -0.05) is 12.1 Å². The van der Waals surface area contributed by atoms with Gasteiger partial charge >= 0.3 is 0 Å². The highest BCUT2D eigenvalue weighted by atomic mass is 16.5. The number of pyridine rings is 1. The quantitative estimate of drug-likeness (QED) is 0.929. The monoisotopic (exact) mass is 270 g/mol. The lowest BCUT2D eigenvalue weighted by Gasteiger charge is -2.27. The highest BCUT2D eigenvalue weighted by Gasteiger charge is 2.22. The molecule has 1 aromatic heterocycles. The summed E-state index contributed by atoms with van der Waals surface area (Å²) in [4.78, 5) is 4.48. The van der Waals surface area contributed by atoms with Crippen LogP contribution in [-0.2, 0) is 6.42 Å². The number of hydrogen-bond acceptors (Lipinski definition) is 4. The molecule has 2 heterocycles. The second kappa shape index (κ2) is 5.51. The van der Waals surface area contributed by atoms with Crippen molar-refractivity contribution in [3.8, 4) is 11.5 Å². The molecule has 3 rings (SSSR count). The van der Waals surface area contributed by atoms with E-state index >= 15 is 0 Å². The van der Waals surface area contributed by atoms with Crippen LogP contribution in [0.3, 0.4) is 0 Å².